The fraction of sp³-hybridized carbons (Fsp3) is 0.667. The van der Waals surface area contributed by atoms with Crippen LogP contribution in [-0.2, 0) is 14.4 Å². The fourth-order valence-electron chi connectivity index (χ4n) is 1.22. The second-order valence-electron chi connectivity index (χ2n) is 3.42. The first-order chi connectivity index (χ1) is 7.91. The van der Waals surface area contributed by atoms with Gasteiger partial charge >= 0.3 is 17.9 Å². The maximum absolute atomic E-state index is 10.4. The van der Waals surface area contributed by atoms with Gasteiger partial charge in [0, 0.05) is 6.54 Å². The Morgan fingerprint density at radius 3 is 1.88 bits per heavy atom. The minimum Gasteiger partial charge on any atom is -0.480 e. The molecule has 0 aromatic heterocycles. The summed E-state index contributed by atoms with van der Waals surface area (Å²) in [6.45, 7) is -0.179. The van der Waals surface area contributed by atoms with Crippen LogP contribution < -0.4 is 5.32 Å². The van der Waals surface area contributed by atoms with Crippen molar-refractivity contribution in [1.29, 1.82) is 0 Å². The van der Waals surface area contributed by atoms with Crippen molar-refractivity contribution >= 4 is 17.9 Å². The first-order valence-electron chi connectivity index (χ1n) is 5.00. The van der Waals surface area contributed by atoms with Crippen LogP contribution in [0.2, 0.25) is 0 Å². The van der Waals surface area contributed by atoms with Crippen molar-refractivity contribution in [2.45, 2.75) is 6.42 Å². The molecule has 0 bridgehead atoms. The van der Waals surface area contributed by atoms with Gasteiger partial charge in [-0.05, 0) is 13.0 Å². The number of nitrogens with one attached hydrogen (secondary N) is 1. The molecule has 0 atom stereocenters. The molecule has 0 radical (unpaired) electrons. The third-order valence-electron chi connectivity index (χ3n) is 1.82. The normalized spacial score (nSPS) is 10.4. The van der Waals surface area contributed by atoms with E-state index >= 15 is 0 Å². The lowest BCUT2D eigenvalue weighted by Crippen LogP contribution is -2.36. The molecule has 0 aliphatic rings. The highest BCUT2D eigenvalue weighted by molar-refractivity contribution is 5.72. The quantitative estimate of drug-likeness (QED) is 0.345. The van der Waals surface area contributed by atoms with Gasteiger partial charge in [0.25, 0.3) is 0 Å². The van der Waals surface area contributed by atoms with E-state index in [4.69, 9.17) is 15.3 Å². The second-order valence-corrected chi connectivity index (χ2v) is 3.42. The van der Waals surface area contributed by atoms with E-state index in [1.807, 2.05) is 0 Å². The molecule has 0 aliphatic heterocycles. The lowest BCUT2D eigenvalue weighted by molar-refractivity contribution is -0.142. The lowest BCUT2D eigenvalue weighted by Gasteiger charge is -2.17. The zero-order chi connectivity index (χ0) is 13.3. The van der Waals surface area contributed by atoms with Crippen LogP contribution in [0.5, 0.6) is 0 Å². The molecule has 0 aromatic carbocycles. The predicted octanol–water partition coefficient (Wildman–Crippen LogP) is -1.48. The lowest BCUT2D eigenvalue weighted by atomic mass is 10.3. The summed E-state index contributed by atoms with van der Waals surface area (Å²) in [5.74, 6) is -3.16. The average Bonchev–Trinajstić information content (AvgIpc) is 2.14. The van der Waals surface area contributed by atoms with Gasteiger partial charge in [-0.15, -0.1) is 0 Å². The van der Waals surface area contributed by atoms with Crippen LogP contribution in [0.1, 0.15) is 6.42 Å². The Hall–Kier alpha value is -1.67. The van der Waals surface area contributed by atoms with E-state index in [9.17, 15) is 14.4 Å². The molecule has 0 rings (SSSR count). The van der Waals surface area contributed by atoms with Crippen LogP contribution in [0.25, 0.3) is 0 Å². The average molecular weight is 248 g/mol. The smallest absolute Gasteiger partial charge is 0.317 e. The molecule has 8 nitrogen and oxygen atoms in total. The number of aliphatic carboxylic acids is 3. The van der Waals surface area contributed by atoms with Crippen molar-refractivity contribution < 1.29 is 29.7 Å². The largest absolute Gasteiger partial charge is 0.480 e. The predicted molar refractivity (Wildman–Crippen MR) is 56.8 cm³/mol. The van der Waals surface area contributed by atoms with E-state index in [2.05, 4.69) is 5.32 Å². The Labute approximate surface area is 97.8 Å². The number of hydrogen-bond acceptors (Lipinski definition) is 5. The monoisotopic (exact) mass is 248 g/mol. The molecule has 0 saturated carbocycles. The molecule has 17 heavy (non-hydrogen) atoms. The van der Waals surface area contributed by atoms with E-state index in [1.165, 1.54) is 4.90 Å². The first-order valence-corrected chi connectivity index (χ1v) is 5.00. The Bertz CT molecular complexity index is 265. The van der Waals surface area contributed by atoms with E-state index in [0.29, 0.717) is 13.0 Å². The number of carbonyl (C=O) groups is 3. The molecule has 4 N–H and O–H groups in total. The third kappa shape index (κ3) is 10.6. The zero-order valence-corrected chi connectivity index (χ0v) is 9.26. The summed E-state index contributed by atoms with van der Waals surface area (Å²) in [5, 5.41) is 28.0. The van der Waals surface area contributed by atoms with Gasteiger partial charge in [-0.3, -0.25) is 19.3 Å². The summed E-state index contributed by atoms with van der Waals surface area (Å²) in [4.78, 5) is 32.3. The summed E-state index contributed by atoms with van der Waals surface area (Å²) in [5.41, 5.74) is 0. The standard InChI is InChI=1S/C9H16N2O6/c12-7(13)4-10-2-1-3-11(5-8(14)15)6-9(16)17/h10H,1-6H2,(H,12,13)(H,14,15)(H,16,17). The highest BCUT2D eigenvalue weighted by atomic mass is 16.4. The Morgan fingerprint density at radius 1 is 0.941 bits per heavy atom. The van der Waals surface area contributed by atoms with Crippen molar-refractivity contribution in [1.82, 2.24) is 10.2 Å². The number of rotatable bonds is 10. The van der Waals surface area contributed by atoms with Gasteiger partial charge in [-0.1, -0.05) is 0 Å². The topological polar surface area (TPSA) is 127 Å². The van der Waals surface area contributed by atoms with Crippen molar-refractivity contribution in [3.05, 3.63) is 0 Å². The molecule has 0 saturated heterocycles. The Kier molecular flexibility index (Phi) is 7.65. The highest BCUT2D eigenvalue weighted by Crippen LogP contribution is 1.91. The summed E-state index contributed by atoms with van der Waals surface area (Å²) < 4.78 is 0. The minimum atomic E-state index is -1.09. The van der Waals surface area contributed by atoms with Crippen LogP contribution in [0.15, 0.2) is 0 Å². The van der Waals surface area contributed by atoms with Crippen molar-refractivity contribution in [3.8, 4) is 0 Å². The number of carboxylic acid groups (broad SMARTS) is 3. The first kappa shape index (κ1) is 15.3. The SMILES string of the molecule is O=C(O)CNCCCN(CC(=O)O)CC(=O)O. The molecular weight excluding hydrogens is 232 g/mol. The second kappa shape index (κ2) is 8.48. The Balaban J connectivity index is 3.79. The molecule has 0 unspecified atom stereocenters. The summed E-state index contributed by atoms with van der Waals surface area (Å²) in [7, 11) is 0. The van der Waals surface area contributed by atoms with Gasteiger partial charge in [0.1, 0.15) is 0 Å². The van der Waals surface area contributed by atoms with Crippen LogP contribution in [0.4, 0.5) is 0 Å². The molecule has 0 heterocycles. The van der Waals surface area contributed by atoms with Gasteiger partial charge < -0.3 is 20.6 Å². The zero-order valence-electron chi connectivity index (χ0n) is 9.26. The number of carboxylic acids is 3. The van der Waals surface area contributed by atoms with Crippen LogP contribution in [0, 0.1) is 0 Å². The number of nitrogens with zero attached hydrogens (tertiary/aromatic N) is 1. The van der Waals surface area contributed by atoms with Crippen LogP contribution in [-0.4, -0.2) is 70.9 Å². The van der Waals surface area contributed by atoms with Gasteiger partial charge in [-0.2, -0.15) is 0 Å². The summed E-state index contributed by atoms with van der Waals surface area (Å²) >= 11 is 0. The number of hydrogen-bond donors (Lipinski definition) is 4. The highest BCUT2D eigenvalue weighted by Gasteiger charge is 2.12. The van der Waals surface area contributed by atoms with E-state index < -0.39 is 17.9 Å². The van der Waals surface area contributed by atoms with E-state index in [0.717, 1.165) is 0 Å². The summed E-state index contributed by atoms with van der Waals surface area (Å²) in [6, 6.07) is 0. The van der Waals surface area contributed by atoms with Gasteiger partial charge in [0.2, 0.25) is 0 Å². The third-order valence-corrected chi connectivity index (χ3v) is 1.82. The molecule has 98 valence electrons. The molecule has 0 aliphatic carbocycles. The van der Waals surface area contributed by atoms with Gasteiger partial charge in [0.05, 0.1) is 19.6 Å². The molecule has 0 spiro atoms. The van der Waals surface area contributed by atoms with E-state index in [-0.39, 0.29) is 26.2 Å². The molecule has 0 aromatic rings. The van der Waals surface area contributed by atoms with E-state index in [1.54, 1.807) is 0 Å². The Morgan fingerprint density at radius 2 is 1.47 bits per heavy atom. The molecule has 0 fully saturated rings. The summed E-state index contributed by atoms with van der Waals surface area (Å²) in [6.07, 6.45) is 0.480. The maximum Gasteiger partial charge on any atom is 0.317 e. The van der Waals surface area contributed by atoms with Crippen molar-refractivity contribution in [3.63, 3.8) is 0 Å². The van der Waals surface area contributed by atoms with Gasteiger partial charge in [-0.25, -0.2) is 0 Å². The molecule has 8 heteroatoms. The van der Waals surface area contributed by atoms with Crippen molar-refractivity contribution in [2.24, 2.45) is 0 Å². The maximum atomic E-state index is 10.4. The fourth-order valence-corrected chi connectivity index (χ4v) is 1.22. The van der Waals surface area contributed by atoms with Gasteiger partial charge in [0.15, 0.2) is 0 Å². The van der Waals surface area contributed by atoms with Crippen LogP contribution >= 0.6 is 0 Å². The minimum absolute atomic E-state index is 0.169. The molecular formula is C9H16N2O6. The molecule has 0 amide bonds. The van der Waals surface area contributed by atoms with Crippen LogP contribution in [0.3, 0.4) is 0 Å². The van der Waals surface area contributed by atoms with Crippen molar-refractivity contribution in [2.75, 3.05) is 32.7 Å².